The zero-order valence-corrected chi connectivity index (χ0v) is 11.9. The number of carbonyl (C=O) groups excluding carboxylic acids is 1. The summed E-state index contributed by atoms with van der Waals surface area (Å²) in [6, 6.07) is 6.54. The highest BCUT2D eigenvalue weighted by Gasteiger charge is 1.92. The first-order valence-corrected chi connectivity index (χ1v) is 6.42. The van der Waals surface area contributed by atoms with Crippen LogP contribution in [0.15, 0.2) is 78.6 Å². The fourth-order valence-electron chi connectivity index (χ4n) is 1.35. The first-order valence-electron chi connectivity index (χ1n) is 6.42. The maximum Gasteiger partial charge on any atom is 0.178 e. The van der Waals surface area contributed by atoms with Gasteiger partial charge in [-0.15, -0.1) is 0 Å². The van der Waals surface area contributed by atoms with E-state index in [1.807, 2.05) is 0 Å². The van der Waals surface area contributed by atoms with Gasteiger partial charge in [-0.1, -0.05) is 36.9 Å². The summed E-state index contributed by atoms with van der Waals surface area (Å²) in [6.07, 6.45) is 10.7. The second-order valence-electron chi connectivity index (χ2n) is 4.28. The topological polar surface area (TPSA) is 57.5 Å². The Kier molecular flexibility index (Phi) is 6.48. The maximum absolute atomic E-state index is 11.6. The summed E-state index contributed by atoms with van der Waals surface area (Å²) in [5.41, 5.74) is 1.43. The van der Waals surface area contributed by atoms with Crippen LogP contribution in [0.5, 0.6) is 5.75 Å². The minimum Gasteiger partial charge on any atom is -0.508 e. The molecule has 3 heteroatoms. The van der Waals surface area contributed by atoms with E-state index in [4.69, 9.17) is 5.11 Å². The van der Waals surface area contributed by atoms with Crippen molar-refractivity contribution < 1.29 is 15.0 Å². The van der Waals surface area contributed by atoms with Crippen molar-refractivity contribution in [2.24, 2.45) is 0 Å². The molecule has 0 spiro atoms. The van der Waals surface area contributed by atoms with Crippen LogP contribution in [0.4, 0.5) is 0 Å². The number of aliphatic hydroxyl groups excluding tert-OH is 1. The van der Waals surface area contributed by atoms with Crippen LogP contribution in [0, 0.1) is 0 Å². The Morgan fingerprint density at radius 3 is 2.29 bits per heavy atom. The second-order valence-corrected chi connectivity index (χ2v) is 4.28. The van der Waals surface area contributed by atoms with Gasteiger partial charge in [0.1, 0.15) is 11.5 Å². The lowest BCUT2D eigenvalue weighted by Gasteiger charge is -1.93. The predicted molar refractivity (Wildman–Crippen MR) is 86.0 cm³/mol. The van der Waals surface area contributed by atoms with Crippen LogP contribution in [0.3, 0.4) is 0 Å². The third-order valence-electron chi connectivity index (χ3n) is 2.56. The summed E-state index contributed by atoms with van der Waals surface area (Å²) in [7, 11) is 0. The number of benzene rings is 1. The van der Waals surface area contributed by atoms with Crippen LogP contribution in [-0.2, 0) is 4.79 Å². The molecule has 0 saturated heterocycles. The Morgan fingerprint density at radius 1 is 1.05 bits per heavy atom. The van der Waals surface area contributed by atoms with E-state index >= 15 is 0 Å². The highest BCUT2D eigenvalue weighted by Crippen LogP contribution is 2.10. The van der Waals surface area contributed by atoms with Crippen LogP contribution in [-0.4, -0.2) is 16.0 Å². The molecule has 2 N–H and O–H groups in total. The van der Waals surface area contributed by atoms with E-state index in [-0.39, 0.29) is 17.3 Å². The summed E-state index contributed by atoms with van der Waals surface area (Å²) in [6.45, 7) is 5.46. The molecule has 0 radical (unpaired) electrons. The van der Waals surface area contributed by atoms with Crippen LogP contribution < -0.4 is 0 Å². The number of rotatable bonds is 6. The molecule has 1 aromatic rings. The number of ketones is 1. The Hall–Kier alpha value is -2.81. The van der Waals surface area contributed by atoms with Crippen molar-refractivity contribution in [1.29, 1.82) is 0 Å². The smallest absolute Gasteiger partial charge is 0.178 e. The third-order valence-corrected chi connectivity index (χ3v) is 2.56. The Balaban J connectivity index is 2.57. The summed E-state index contributed by atoms with van der Waals surface area (Å²) < 4.78 is 0. The predicted octanol–water partition coefficient (Wildman–Crippen LogP) is 4.10. The molecule has 0 aromatic heterocycles. The van der Waals surface area contributed by atoms with E-state index in [1.54, 1.807) is 55.5 Å². The molecule has 21 heavy (non-hydrogen) atoms. The monoisotopic (exact) mass is 282 g/mol. The van der Waals surface area contributed by atoms with Gasteiger partial charge in [0.15, 0.2) is 5.78 Å². The van der Waals surface area contributed by atoms with E-state index < -0.39 is 0 Å². The minimum absolute atomic E-state index is 0.142. The number of aliphatic hydroxyl groups is 1. The molecule has 1 rings (SSSR count). The molecule has 0 saturated carbocycles. The molecule has 3 nitrogen and oxygen atoms in total. The number of aromatic hydroxyl groups is 1. The van der Waals surface area contributed by atoms with Gasteiger partial charge >= 0.3 is 0 Å². The maximum atomic E-state index is 11.6. The van der Waals surface area contributed by atoms with Gasteiger partial charge < -0.3 is 10.2 Å². The van der Waals surface area contributed by atoms with Crippen molar-refractivity contribution in [2.75, 3.05) is 0 Å². The van der Waals surface area contributed by atoms with Gasteiger partial charge in [0.05, 0.1) is 0 Å². The Morgan fingerprint density at radius 2 is 1.67 bits per heavy atom. The number of hydrogen-bond donors (Lipinski definition) is 2. The van der Waals surface area contributed by atoms with Crippen LogP contribution >= 0.6 is 0 Å². The first-order chi connectivity index (χ1) is 10.0. The molecule has 0 heterocycles. The molecule has 0 aliphatic heterocycles. The van der Waals surface area contributed by atoms with Crippen molar-refractivity contribution in [3.63, 3.8) is 0 Å². The molecular formula is C18H18O3. The molecule has 0 unspecified atom stereocenters. The average Bonchev–Trinajstić information content (AvgIpc) is 2.49. The van der Waals surface area contributed by atoms with Crippen molar-refractivity contribution in [2.45, 2.75) is 6.92 Å². The number of carbonyl (C=O) groups is 1. The fraction of sp³-hybridized carbons (Fsp3) is 0.0556. The largest absolute Gasteiger partial charge is 0.508 e. The Labute approximate surface area is 124 Å². The van der Waals surface area contributed by atoms with Crippen molar-refractivity contribution in [3.05, 3.63) is 84.2 Å². The zero-order chi connectivity index (χ0) is 15.7. The lowest BCUT2D eigenvalue weighted by Crippen LogP contribution is -1.85. The van der Waals surface area contributed by atoms with E-state index in [1.165, 1.54) is 18.2 Å². The highest BCUT2D eigenvalue weighted by atomic mass is 16.3. The Bertz CT molecular complexity index is 614. The van der Waals surface area contributed by atoms with Gasteiger partial charge in [-0.3, -0.25) is 4.79 Å². The van der Waals surface area contributed by atoms with Gasteiger partial charge in [0.2, 0.25) is 0 Å². The highest BCUT2D eigenvalue weighted by molar-refractivity contribution is 6.02. The van der Waals surface area contributed by atoms with Crippen molar-refractivity contribution in [1.82, 2.24) is 0 Å². The normalized spacial score (nSPS) is 12.5. The van der Waals surface area contributed by atoms with Crippen LogP contribution in [0.2, 0.25) is 0 Å². The minimum atomic E-state index is -0.173. The lowest BCUT2D eigenvalue weighted by atomic mass is 10.1. The van der Waals surface area contributed by atoms with E-state index in [0.717, 1.165) is 5.56 Å². The van der Waals surface area contributed by atoms with Crippen molar-refractivity contribution >= 4 is 11.9 Å². The number of phenols is 1. The van der Waals surface area contributed by atoms with Crippen molar-refractivity contribution in [3.8, 4) is 5.75 Å². The van der Waals surface area contributed by atoms with Gasteiger partial charge in [-0.2, -0.15) is 0 Å². The summed E-state index contributed by atoms with van der Waals surface area (Å²) in [5.74, 6) is 0.154. The average molecular weight is 282 g/mol. The van der Waals surface area contributed by atoms with Crippen LogP contribution in [0.25, 0.3) is 6.08 Å². The zero-order valence-electron chi connectivity index (χ0n) is 11.9. The van der Waals surface area contributed by atoms with E-state index in [2.05, 4.69) is 6.58 Å². The fourth-order valence-corrected chi connectivity index (χ4v) is 1.35. The molecule has 0 aliphatic rings. The quantitative estimate of drug-likeness (QED) is 0.469. The SMILES string of the molecule is C=C(/C=C\C(O)=C/C)/C=C/C(=O)/C=C/c1ccc(O)cc1. The summed E-state index contributed by atoms with van der Waals surface area (Å²) in [5, 5.41) is 18.4. The number of phenolic OH excluding ortho intramolecular Hbond substituents is 1. The number of allylic oxidation sites excluding steroid dienone is 7. The molecule has 0 aliphatic carbocycles. The molecule has 0 atom stereocenters. The van der Waals surface area contributed by atoms with E-state index in [9.17, 15) is 9.90 Å². The summed E-state index contributed by atoms with van der Waals surface area (Å²) >= 11 is 0. The first kappa shape index (κ1) is 16.2. The molecular weight excluding hydrogens is 264 g/mol. The van der Waals surface area contributed by atoms with Gasteiger partial charge in [0, 0.05) is 0 Å². The van der Waals surface area contributed by atoms with E-state index in [0.29, 0.717) is 5.57 Å². The van der Waals surface area contributed by atoms with Gasteiger partial charge in [0.25, 0.3) is 0 Å². The van der Waals surface area contributed by atoms with Crippen LogP contribution in [0.1, 0.15) is 12.5 Å². The summed E-state index contributed by atoms with van der Waals surface area (Å²) in [4.78, 5) is 11.6. The lowest BCUT2D eigenvalue weighted by molar-refractivity contribution is -0.110. The number of hydrogen-bond acceptors (Lipinski definition) is 3. The molecule has 0 fully saturated rings. The molecule has 108 valence electrons. The van der Waals surface area contributed by atoms with Gasteiger partial charge in [-0.25, -0.2) is 0 Å². The molecule has 0 amide bonds. The molecule has 1 aromatic carbocycles. The standard InChI is InChI=1S/C18H18O3/c1-3-16(19)9-4-14(2)5-10-17(20)11-6-15-7-12-18(21)13-8-15/h3-13,19,21H,2H2,1H3/b9-4-,10-5+,11-6+,16-3+. The second kappa shape index (κ2) is 8.38. The third kappa shape index (κ3) is 6.78. The molecule has 0 bridgehead atoms. The van der Waals surface area contributed by atoms with Gasteiger partial charge in [-0.05, 0) is 54.5 Å².